The van der Waals surface area contributed by atoms with E-state index in [1.54, 1.807) is 30.2 Å². The van der Waals surface area contributed by atoms with Gasteiger partial charge in [-0.2, -0.15) is 5.10 Å². The first-order valence-electron chi connectivity index (χ1n) is 6.44. The van der Waals surface area contributed by atoms with E-state index < -0.39 is 0 Å². The predicted molar refractivity (Wildman–Crippen MR) is 84.1 cm³/mol. The average Bonchev–Trinajstić information content (AvgIpc) is 3.15. The number of carbonyl (C=O) groups is 1. The van der Waals surface area contributed by atoms with Gasteiger partial charge in [-0.1, -0.05) is 30.3 Å². The summed E-state index contributed by atoms with van der Waals surface area (Å²) < 4.78 is 1.61. The minimum atomic E-state index is -0.0699. The largest absolute Gasteiger partial charge is 0.289 e. The Balaban J connectivity index is 1.75. The Kier molecular flexibility index (Phi) is 3.75. The van der Waals surface area contributed by atoms with Gasteiger partial charge in [0.25, 0.3) is 0 Å². The molecule has 0 aliphatic heterocycles. The van der Waals surface area contributed by atoms with E-state index in [0.29, 0.717) is 5.56 Å². The predicted octanol–water partition coefficient (Wildman–Crippen LogP) is 3.44. The lowest BCUT2D eigenvalue weighted by molar-refractivity contribution is 0.104. The minimum Gasteiger partial charge on any atom is -0.289 e. The smallest absolute Gasteiger partial charge is 0.189 e. The molecule has 0 atom stereocenters. The molecule has 104 valence electrons. The summed E-state index contributed by atoms with van der Waals surface area (Å²) in [5.41, 5.74) is 2.58. The lowest BCUT2D eigenvalue weighted by Crippen LogP contribution is -1.91. The highest BCUT2D eigenvalue weighted by Crippen LogP contribution is 2.22. The van der Waals surface area contributed by atoms with Gasteiger partial charge in [0.05, 0.1) is 17.5 Å². The van der Waals surface area contributed by atoms with Gasteiger partial charge in [0.1, 0.15) is 5.01 Å². The number of hydrogen-bond donors (Lipinski definition) is 0. The van der Waals surface area contributed by atoms with Crippen LogP contribution in [0.3, 0.4) is 0 Å². The molecule has 3 rings (SSSR count). The van der Waals surface area contributed by atoms with E-state index in [1.807, 2.05) is 35.7 Å². The van der Waals surface area contributed by atoms with Gasteiger partial charge >= 0.3 is 0 Å². The Morgan fingerprint density at radius 1 is 1.29 bits per heavy atom. The molecular formula is C16H13N3OS. The zero-order valence-corrected chi connectivity index (χ0v) is 12.2. The quantitative estimate of drug-likeness (QED) is 0.547. The Morgan fingerprint density at radius 2 is 2.10 bits per heavy atom. The number of aryl methyl sites for hydroxylation is 1. The van der Waals surface area contributed by atoms with Crippen molar-refractivity contribution in [1.29, 1.82) is 0 Å². The van der Waals surface area contributed by atoms with Crippen molar-refractivity contribution in [2.75, 3.05) is 0 Å². The highest BCUT2D eigenvalue weighted by Gasteiger charge is 2.05. The van der Waals surface area contributed by atoms with Gasteiger partial charge in [-0.3, -0.25) is 9.48 Å². The summed E-state index contributed by atoms with van der Waals surface area (Å²) in [5.74, 6) is -0.0699. The Labute approximate surface area is 126 Å². The second kappa shape index (κ2) is 5.85. The van der Waals surface area contributed by atoms with Crippen LogP contribution in [0.25, 0.3) is 17.3 Å². The number of aromatic nitrogens is 3. The molecule has 0 radical (unpaired) electrons. The number of rotatable bonds is 4. The van der Waals surface area contributed by atoms with Gasteiger partial charge in [-0.25, -0.2) is 4.98 Å². The molecule has 0 unspecified atom stereocenters. The van der Waals surface area contributed by atoms with Crippen LogP contribution in [0.5, 0.6) is 0 Å². The van der Waals surface area contributed by atoms with E-state index in [1.165, 1.54) is 17.4 Å². The SMILES string of the molecule is Cn1cc(C(=O)C=Cc2nc(-c3ccccc3)cs2)cn1. The summed E-state index contributed by atoms with van der Waals surface area (Å²) in [5, 5.41) is 6.79. The summed E-state index contributed by atoms with van der Waals surface area (Å²) in [6.45, 7) is 0. The second-order valence-electron chi connectivity index (χ2n) is 4.54. The number of carbonyl (C=O) groups excluding carboxylic acids is 1. The van der Waals surface area contributed by atoms with Crippen LogP contribution in [0.4, 0.5) is 0 Å². The first-order valence-corrected chi connectivity index (χ1v) is 7.32. The zero-order valence-electron chi connectivity index (χ0n) is 11.4. The van der Waals surface area contributed by atoms with Crippen LogP contribution in [-0.2, 0) is 7.05 Å². The maximum absolute atomic E-state index is 11.9. The summed E-state index contributed by atoms with van der Waals surface area (Å²) in [7, 11) is 1.79. The van der Waals surface area contributed by atoms with Crippen molar-refractivity contribution in [3.8, 4) is 11.3 Å². The lowest BCUT2D eigenvalue weighted by atomic mass is 10.2. The third kappa shape index (κ3) is 3.14. The van der Waals surface area contributed by atoms with Crippen molar-refractivity contribution >= 4 is 23.2 Å². The van der Waals surface area contributed by atoms with Crippen molar-refractivity contribution in [3.05, 3.63) is 64.8 Å². The van der Waals surface area contributed by atoms with Gasteiger partial charge in [0, 0.05) is 24.2 Å². The molecule has 5 heteroatoms. The molecule has 21 heavy (non-hydrogen) atoms. The molecule has 2 heterocycles. The molecule has 0 bridgehead atoms. The fraction of sp³-hybridized carbons (Fsp3) is 0.0625. The van der Waals surface area contributed by atoms with Gasteiger partial charge < -0.3 is 0 Å². The fourth-order valence-corrected chi connectivity index (χ4v) is 2.62. The molecule has 3 aromatic rings. The Morgan fingerprint density at radius 3 is 2.81 bits per heavy atom. The van der Waals surface area contributed by atoms with Gasteiger partial charge in [0.2, 0.25) is 0 Å². The molecule has 0 saturated carbocycles. The van der Waals surface area contributed by atoms with E-state index in [0.717, 1.165) is 16.3 Å². The number of hydrogen-bond acceptors (Lipinski definition) is 4. The number of thiazole rings is 1. The van der Waals surface area contributed by atoms with Crippen molar-refractivity contribution in [1.82, 2.24) is 14.8 Å². The first-order chi connectivity index (χ1) is 10.2. The number of nitrogens with zero attached hydrogens (tertiary/aromatic N) is 3. The summed E-state index contributed by atoms with van der Waals surface area (Å²) in [4.78, 5) is 16.5. The average molecular weight is 295 g/mol. The summed E-state index contributed by atoms with van der Waals surface area (Å²) in [6.07, 6.45) is 6.53. The van der Waals surface area contributed by atoms with Crippen LogP contribution in [0.2, 0.25) is 0 Å². The van der Waals surface area contributed by atoms with Gasteiger partial charge in [-0.15, -0.1) is 11.3 Å². The van der Waals surface area contributed by atoms with E-state index >= 15 is 0 Å². The second-order valence-corrected chi connectivity index (χ2v) is 5.43. The van der Waals surface area contributed by atoms with Crippen LogP contribution in [0, 0.1) is 0 Å². The van der Waals surface area contributed by atoms with Gasteiger partial charge in [-0.05, 0) is 12.2 Å². The zero-order chi connectivity index (χ0) is 14.7. The van der Waals surface area contributed by atoms with E-state index in [2.05, 4.69) is 10.1 Å². The van der Waals surface area contributed by atoms with Crippen LogP contribution in [-0.4, -0.2) is 20.5 Å². The summed E-state index contributed by atoms with van der Waals surface area (Å²) in [6, 6.07) is 9.97. The Hall–Kier alpha value is -2.53. The highest BCUT2D eigenvalue weighted by molar-refractivity contribution is 7.10. The molecule has 0 spiro atoms. The molecule has 0 fully saturated rings. The standard InChI is InChI=1S/C16H13N3OS/c1-19-10-13(9-17-19)15(20)7-8-16-18-14(11-21-16)12-5-3-2-4-6-12/h2-11H,1H3. The third-order valence-corrected chi connectivity index (χ3v) is 3.77. The van der Waals surface area contributed by atoms with Gasteiger partial charge in [0.15, 0.2) is 5.78 Å². The Bertz CT molecular complexity index is 787. The molecule has 2 aromatic heterocycles. The molecule has 0 N–H and O–H groups in total. The number of benzene rings is 1. The van der Waals surface area contributed by atoms with E-state index in [4.69, 9.17) is 0 Å². The number of allylic oxidation sites excluding steroid dienone is 1. The molecular weight excluding hydrogens is 282 g/mol. The molecule has 0 aliphatic rings. The monoisotopic (exact) mass is 295 g/mol. The summed E-state index contributed by atoms with van der Waals surface area (Å²) >= 11 is 1.52. The highest BCUT2D eigenvalue weighted by atomic mass is 32.1. The van der Waals surface area contributed by atoms with Crippen molar-refractivity contribution in [2.24, 2.45) is 7.05 Å². The van der Waals surface area contributed by atoms with Crippen molar-refractivity contribution < 1.29 is 4.79 Å². The molecule has 4 nitrogen and oxygen atoms in total. The number of ketones is 1. The minimum absolute atomic E-state index is 0.0699. The van der Waals surface area contributed by atoms with Crippen LogP contribution >= 0.6 is 11.3 Å². The van der Waals surface area contributed by atoms with E-state index in [9.17, 15) is 4.79 Å². The maximum atomic E-state index is 11.9. The molecule has 1 aromatic carbocycles. The van der Waals surface area contributed by atoms with Crippen LogP contribution in [0.15, 0.2) is 54.2 Å². The normalized spacial score (nSPS) is 11.1. The van der Waals surface area contributed by atoms with E-state index in [-0.39, 0.29) is 5.78 Å². The van der Waals surface area contributed by atoms with Crippen LogP contribution < -0.4 is 0 Å². The third-order valence-electron chi connectivity index (χ3n) is 2.96. The molecule has 0 amide bonds. The van der Waals surface area contributed by atoms with Crippen molar-refractivity contribution in [2.45, 2.75) is 0 Å². The maximum Gasteiger partial charge on any atom is 0.189 e. The fourth-order valence-electron chi connectivity index (χ4n) is 1.90. The molecule has 0 saturated heterocycles. The van der Waals surface area contributed by atoms with Crippen LogP contribution in [0.1, 0.15) is 15.4 Å². The topological polar surface area (TPSA) is 47.8 Å². The molecule has 0 aliphatic carbocycles. The van der Waals surface area contributed by atoms with Crippen molar-refractivity contribution in [3.63, 3.8) is 0 Å². The first kappa shape index (κ1) is 13.5. The lowest BCUT2D eigenvalue weighted by Gasteiger charge is -1.93.